The zero-order valence-electron chi connectivity index (χ0n) is 15.4. The molecule has 1 heterocycles. The van der Waals surface area contributed by atoms with E-state index in [1.165, 1.54) is 24.7 Å². The lowest BCUT2D eigenvalue weighted by Crippen LogP contribution is -2.55. The Labute approximate surface area is 172 Å². The molecule has 0 aliphatic carbocycles. The van der Waals surface area contributed by atoms with Crippen LogP contribution in [0.5, 0.6) is 5.75 Å². The highest BCUT2D eigenvalue weighted by Crippen LogP contribution is 2.11. The number of H-pyrrole nitrogens is 1. The number of carboxylic acid groups (broad SMARTS) is 1. The van der Waals surface area contributed by atoms with Crippen LogP contribution in [0.4, 0.5) is 0 Å². The molecule has 2 rings (SSSR count). The Kier molecular flexibility index (Phi) is 8.04. The van der Waals surface area contributed by atoms with Gasteiger partial charge in [0.2, 0.25) is 11.8 Å². The number of aromatic hydroxyl groups is 1. The van der Waals surface area contributed by atoms with Crippen molar-refractivity contribution in [3.05, 3.63) is 48.0 Å². The van der Waals surface area contributed by atoms with Crippen molar-refractivity contribution in [3.8, 4) is 5.75 Å². The van der Waals surface area contributed by atoms with Crippen LogP contribution in [0.15, 0.2) is 36.8 Å². The van der Waals surface area contributed by atoms with Gasteiger partial charge in [-0.25, -0.2) is 9.78 Å². The van der Waals surface area contributed by atoms with Gasteiger partial charge in [0, 0.05) is 24.1 Å². The van der Waals surface area contributed by atoms with E-state index in [0.717, 1.165) is 5.56 Å². The standard InChI is InChI=1S/C18H23N5O5S/c19-13(5-10-1-3-12(24)4-2-10)16(25)22-14(6-11-7-20-9-21-11)17(26)23-15(8-29)18(27)28/h1-4,7,9,13-15,24,29H,5-6,8,19H2,(H,20,21)(H,22,25)(H,23,26)(H,27,28)/t13-,14-,15-/m0/s1. The van der Waals surface area contributed by atoms with E-state index in [2.05, 4.69) is 33.2 Å². The maximum absolute atomic E-state index is 12.6. The Morgan fingerprint density at radius 3 is 2.31 bits per heavy atom. The molecule has 29 heavy (non-hydrogen) atoms. The molecule has 0 aliphatic heterocycles. The van der Waals surface area contributed by atoms with Gasteiger partial charge in [0.25, 0.3) is 0 Å². The number of carboxylic acids is 1. The van der Waals surface area contributed by atoms with Gasteiger partial charge in [-0.15, -0.1) is 0 Å². The number of phenols is 1. The van der Waals surface area contributed by atoms with E-state index in [9.17, 15) is 19.5 Å². The van der Waals surface area contributed by atoms with Crippen molar-refractivity contribution in [2.45, 2.75) is 31.0 Å². The molecule has 0 spiro atoms. The van der Waals surface area contributed by atoms with Gasteiger partial charge in [0.15, 0.2) is 0 Å². The largest absolute Gasteiger partial charge is 0.508 e. The minimum absolute atomic E-state index is 0.0718. The molecule has 1 aromatic heterocycles. The summed E-state index contributed by atoms with van der Waals surface area (Å²) in [5, 5.41) is 23.3. The SMILES string of the molecule is N[C@@H](Cc1ccc(O)cc1)C(=O)N[C@@H](Cc1cnc[nH]1)C(=O)N[C@@H](CS)C(=O)O. The Hall–Kier alpha value is -3.05. The van der Waals surface area contributed by atoms with Crippen LogP contribution in [0.3, 0.4) is 0 Å². The summed E-state index contributed by atoms with van der Waals surface area (Å²) in [7, 11) is 0. The van der Waals surface area contributed by atoms with Gasteiger partial charge in [0.05, 0.1) is 12.4 Å². The third-order valence-electron chi connectivity index (χ3n) is 4.14. The number of hydrogen-bond acceptors (Lipinski definition) is 7. The van der Waals surface area contributed by atoms with Crippen LogP contribution in [0.25, 0.3) is 0 Å². The number of aromatic amines is 1. The molecule has 0 bridgehead atoms. The lowest BCUT2D eigenvalue weighted by atomic mass is 10.0. The number of thiol groups is 1. The Morgan fingerprint density at radius 2 is 1.76 bits per heavy atom. The van der Waals surface area contributed by atoms with Crippen LogP contribution in [-0.4, -0.2) is 61.8 Å². The molecule has 1 aromatic carbocycles. The summed E-state index contributed by atoms with van der Waals surface area (Å²) in [6.07, 6.45) is 3.19. The van der Waals surface area contributed by atoms with E-state index in [4.69, 9.17) is 10.8 Å². The molecular weight excluding hydrogens is 398 g/mol. The van der Waals surface area contributed by atoms with E-state index < -0.39 is 35.9 Å². The van der Waals surface area contributed by atoms with E-state index in [1.807, 2.05) is 0 Å². The number of nitrogens with two attached hydrogens (primary N) is 1. The average Bonchev–Trinajstić information content (AvgIpc) is 3.19. The van der Waals surface area contributed by atoms with Crippen LogP contribution < -0.4 is 16.4 Å². The van der Waals surface area contributed by atoms with Gasteiger partial charge in [-0.3, -0.25) is 9.59 Å². The predicted molar refractivity (Wildman–Crippen MR) is 107 cm³/mol. The molecule has 0 unspecified atom stereocenters. The number of imidazole rings is 1. The monoisotopic (exact) mass is 421 g/mol. The lowest BCUT2D eigenvalue weighted by Gasteiger charge is -2.22. The summed E-state index contributed by atoms with van der Waals surface area (Å²) in [6, 6.07) is 3.05. The number of carbonyl (C=O) groups is 3. The molecule has 0 aliphatic rings. The first kappa shape index (κ1) is 22.2. The highest BCUT2D eigenvalue weighted by molar-refractivity contribution is 7.80. The third kappa shape index (κ3) is 6.80. The molecule has 0 radical (unpaired) electrons. The summed E-state index contributed by atoms with van der Waals surface area (Å²) in [5.74, 6) is -2.49. The molecule has 156 valence electrons. The van der Waals surface area contributed by atoms with Crippen molar-refractivity contribution in [3.63, 3.8) is 0 Å². The van der Waals surface area contributed by atoms with Crippen LogP contribution in [0.1, 0.15) is 11.3 Å². The van der Waals surface area contributed by atoms with Crippen LogP contribution in [0, 0.1) is 0 Å². The maximum Gasteiger partial charge on any atom is 0.327 e. The molecule has 10 nitrogen and oxygen atoms in total. The number of aliphatic carboxylic acids is 1. The topological polar surface area (TPSA) is 170 Å². The fourth-order valence-electron chi connectivity index (χ4n) is 2.54. The zero-order valence-corrected chi connectivity index (χ0v) is 16.3. The number of nitrogens with zero attached hydrogens (tertiary/aromatic N) is 1. The van der Waals surface area contributed by atoms with E-state index in [1.54, 1.807) is 12.1 Å². The van der Waals surface area contributed by atoms with Gasteiger partial charge < -0.3 is 31.6 Å². The number of aromatic nitrogens is 2. The number of phenolic OH excluding ortho intramolecular Hbond substituents is 1. The minimum atomic E-state index is -1.23. The fraction of sp³-hybridized carbons (Fsp3) is 0.333. The highest BCUT2D eigenvalue weighted by atomic mass is 32.1. The van der Waals surface area contributed by atoms with Crippen LogP contribution >= 0.6 is 12.6 Å². The van der Waals surface area contributed by atoms with Crippen molar-refractivity contribution in [1.29, 1.82) is 0 Å². The van der Waals surface area contributed by atoms with Crippen LogP contribution in [-0.2, 0) is 27.2 Å². The van der Waals surface area contributed by atoms with Crippen molar-refractivity contribution in [2.75, 3.05) is 5.75 Å². The van der Waals surface area contributed by atoms with Gasteiger partial charge in [-0.05, 0) is 24.1 Å². The van der Waals surface area contributed by atoms with Gasteiger partial charge in [-0.2, -0.15) is 12.6 Å². The lowest BCUT2D eigenvalue weighted by molar-refractivity contribution is -0.141. The molecule has 2 aromatic rings. The molecular formula is C18H23N5O5S. The Balaban J connectivity index is 2.06. The number of hydrogen-bond donors (Lipinski definition) is 7. The molecule has 0 saturated heterocycles. The van der Waals surface area contributed by atoms with Crippen molar-refractivity contribution < 1.29 is 24.6 Å². The minimum Gasteiger partial charge on any atom is -0.508 e. The second-order valence-electron chi connectivity index (χ2n) is 6.40. The van der Waals surface area contributed by atoms with E-state index in [-0.39, 0.29) is 24.3 Å². The van der Waals surface area contributed by atoms with Crippen LogP contribution in [0.2, 0.25) is 0 Å². The highest BCUT2D eigenvalue weighted by Gasteiger charge is 2.28. The predicted octanol–water partition coefficient (Wildman–Crippen LogP) is -0.788. The molecule has 0 fully saturated rings. The molecule has 11 heteroatoms. The number of nitrogens with one attached hydrogen (secondary N) is 3. The molecule has 7 N–H and O–H groups in total. The first-order chi connectivity index (χ1) is 13.8. The summed E-state index contributed by atoms with van der Waals surface area (Å²) in [4.78, 5) is 43.0. The number of benzene rings is 1. The maximum atomic E-state index is 12.6. The van der Waals surface area contributed by atoms with E-state index in [0.29, 0.717) is 5.69 Å². The molecule has 3 atom stereocenters. The first-order valence-electron chi connectivity index (χ1n) is 8.75. The third-order valence-corrected chi connectivity index (χ3v) is 4.50. The zero-order chi connectivity index (χ0) is 21.4. The average molecular weight is 421 g/mol. The summed E-state index contributed by atoms with van der Waals surface area (Å²) < 4.78 is 0. The first-order valence-corrected chi connectivity index (χ1v) is 9.38. The van der Waals surface area contributed by atoms with Gasteiger partial charge in [0.1, 0.15) is 17.8 Å². The van der Waals surface area contributed by atoms with Crippen molar-refractivity contribution in [2.24, 2.45) is 5.73 Å². The van der Waals surface area contributed by atoms with E-state index >= 15 is 0 Å². The number of carbonyl (C=O) groups excluding carboxylic acids is 2. The molecule has 2 amide bonds. The smallest absolute Gasteiger partial charge is 0.327 e. The van der Waals surface area contributed by atoms with Gasteiger partial charge in [-0.1, -0.05) is 12.1 Å². The van der Waals surface area contributed by atoms with Crippen molar-refractivity contribution >= 4 is 30.4 Å². The summed E-state index contributed by atoms with van der Waals surface area (Å²) in [5.41, 5.74) is 7.27. The Morgan fingerprint density at radius 1 is 1.10 bits per heavy atom. The molecule has 0 saturated carbocycles. The number of rotatable bonds is 10. The summed E-state index contributed by atoms with van der Waals surface area (Å²) in [6.45, 7) is 0. The second-order valence-corrected chi connectivity index (χ2v) is 6.77. The second kappa shape index (κ2) is 10.5. The quantitative estimate of drug-likeness (QED) is 0.246. The van der Waals surface area contributed by atoms with Gasteiger partial charge >= 0.3 is 5.97 Å². The normalized spacial score (nSPS) is 13.9. The fourth-order valence-corrected chi connectivity index (χ4v) is 2.79. The van der Waals surface area contributed by atoms with Crippen molar-refractivity contribution in [1.82, 2.24) is 20.6 Å². The number of amides is 2. The Bertz CT molecular complexity index is 828. The summed E-state index contributed by atoms with van der Waals surface area (Å²) >= 11 is 3.92.